The van der Waals surface area contributed by atoms with Crippen LogP contribution in [-0.4, -0.2) is 39.8 Å². The Balaban J connectivity index is 0. The third-order valence-electron chi connectivity index (χ3n) is 6.07. The van der Waals surface area contributed by atoms with Crippen LogP contribution in [-0.2, 0) is 23.9 Å². The number of rotatable bonds is 20. The second-order valence-electron chi connectivity index (χ2n) is 9.81. The first-order valence-electron chi connectivity index (χ1n) is 14.3. The maximum absolute atomic E-state index is 12.1. The van der Waals surface area contributed by atoms with Crippen LogP contribution in [0.2, 0.25) is 0 Å². The van der Waals surface area contributed by atoms with E-state index in [9.17, 15) is 14.4 Å². The van der Waals surface area contributed by atoms with Gasteiger partial charge in [0.1, 0.15) is 9.49 Å². The molecule has 0 bridgehead atoms. The molecule has 2 atom stereocenters. The largest absolute Gasteiger partial charge is 0.465 e. The number of unbranched alkanes of at least 4 members (excludes halogenated alkanes) is 10. The van der Waals surface area contributed by atoms with Gasteiger partial charge in [0.15, 0.2) is 5.12 Å². The number of ether oxygens (including phenoxy) is 2. The fourth-order valence-corrected chi connectivity index (χ4v) is 4.94. The first-order chi connectivity index (χ1) is 17.0. The zero-order valence-electron chi connectivity index (χ0n) is 24.4. The van der Waals surface area contributed by atoms with E-state index in [4.69, 9.17) is 9.47 Å². The van der Waals surface area contributed by atoms with Crippen molar-refractivity contribution < 1.29 is 23.9 Å². The van der Waals surface area contributed by atoms with Crippen LogP contribution in [0, 0.1) is 0 Å². The molecular formula is C29H56O5S2. The lowest BCUT2D eigenvalue weighted by Gasteiger charge is -2.25. The Hall–Kier alpha value is -0.690. The Morgan fingerprint density at radius 1 is 0.639 bits per heavy atom. The maximum atomic E-state index is 12.1. The molecule has 0 saturated heterocycles. The molecule has 0 aliphatic rings. The summed E-state index contributed by atoms with van der Waals surface area (Å²) in [7, 11) is 0. The molecule has 0 spiro atoms. The molecule has 36 heavy (non-hydrogen) atoms. The molecule has 0 rings (SSSR count). The topological polar surface area (TPSA) is 69.7 Å². The first kappa shape index (κ1) is 37.5. The fraction of sp³-hybridized carbons (Fsp3) is 0.897. The van der Waals surface area contributed by atoms with Crippen molar-refractivity contribution in [2.45, 2.75) is 154 Å². The van der Waals surface area contributed by atoms with Crippen LogP contribution in [0.5, 0.6) is 0 Å². The highest BCUT2D eigenvalue weighted by molar-refractivity contribution is 8.15. The van der Waals surface area contributed by atoms with E-state index in [2.05, 4.69) is 26.5 Å². The average Bonchev–Trinajstić information content (AvgIpc) is 2.84. The number of thioether (sulfide) groups is 1. The Kier molecular flexibility index (Phi) is 24.4. The van der Waals surface area contributed by atoms with Crippen molar-refractivity contribution in [2.24, 2.45) is 0 Å². The Bertz CT molecular complexity index is 580. The second kappa shape index (κ2) is 23.4. The molecule has 0 heterocycles. The van der Waals surface area contributed by atoms with Gasteiger partial charge in [0.05, 0.1) is 13.2 Å². The van der Waals surface area contributed by atoms with Gasteiger partial charge in [-0.3, -0.25) is 14.4 Å². The number of hydrogen-bond acceptors (Lipinski definition) is 7. The van der Waals surface area contributed by atoms with Gasteiger partial charge in [-0.1, -0.05) is 110 Å². The molecule has 0 aromatic heterocycles. The van der Waals surface area contributed by atoms with Gasteiger partial charge in [0, 0.05) is 6.42 Å². The SMILES string of the molecule is CCCCCCCC[C@@](C)(S)C(=O)OCC.CCCCCCCC[C@@](C)(SC(=O)CC)C(=O)OCC. The smallest absolute Gasteiger partial charge is 0.322 e. The Morgan fingerprint density at radius 3 is 1.50 bits per heavy atom. The number of esters is 2. The summed E-state index contributed by atoms with van der Waals surface area (Å²) in [5.41, 5.74) is 0. The summed E-state index contributed by atoms with van der Waals surface area (Å²) in [4.78, 5) is 35.3. The van der Waals surface area contributed by atoms with Crippen molar-refractivity contribution in [3.8, 4) is 0 Å². The van der Waals surface area contributed by atoms with Gasteiger partial charge < -0.3 is 9.47 Å². The molecule has 7 heteroatoms. The summed E-state index contributed by atoms with van der Waals surface area (Å²) in [6, 6.07) is 0. The molecule has 0 fully saturated rings. The molecule has 0 unspecified atom stereocenters. The van der Waals surface area contributed by atoms with E-state index in [1.807, 2.05) is 27.7 Å². The summed E-state index contributed by atoms with van der Waals surface area (Å²) in [6.07, 6.45) is 16.5. The minimum atomic E-state index is -0.714. The van der Waals surface area contributed by atoms with Gasteiger partial charge in [-0.15, -0.1) is 0 Å². The lowest BCUT2D eigenvalue weighted by Crippen LogP contribution is -2.35. The monoisotopic (exact) mass is 548 g/mol. The first-order valence-corrected chi connectivity index (χ1v) is 15.6. The van der Waals surface area contributed by atoms with E-state index >= 15 is 0 Å². The Labute approximate surface area is 232 Å². The fourth-order valence-electron chi connectivity index (χ4n) is 3.68. The van der Waals surface area contributed by atoms with E-state index in [0.717, 1.165) is 37.4 Å². The standard InChI is InChI=1S/C16H30O3S.C13H26O2S/c1-5-8-9-10-11-12-13-16(4,15(18)19-7-3)20-14(17)6-2;1-4-6-7-8-9-10-11-13(3,16)12(14)15-5-2/h5-13H2,1-4H3;16H,4-11H2,1-3H3/t16-;13-/m11/s1. The van der Waals surface area contributed by atoms with Crippen molar-refractivity contribution in [3.05, 3.63) is 0 Å². The van der Waals surface area contributed by atoms with Gasteiger partial charge in [0.2, 0.25) is 0 Å². The van der Waals surface area contributed by atoms with Crippen LogP contribution >= 0.6 is 24.4 Å². The summed E-state index contributed by atoms with van der Waals surface area (Å²) >= 11 is 5.53. The van der Waals surface area contributed by atoms with Gasteiger partial charge >= 0.3 is 11.9 Å². The van der Waals surface area contributed by atoms with E-state index in [1.165, 1.54) is 57.8 Å². The van der Waals surface area contributed by atoms with E-state index < -0.39 is 9.49 Å². The van der Waals surface area contributed by atoms with Crippen LogP contribution in [0.4, 0.5) is 0 Å². The van der Waals surface area contributed by atoms with Crippen molar-refractivity contribution in [1.29, 1.82) is 0 Å². The zero-order valence-corrected chi connectivity index (χ0v) is 26.1. The molecule has 214 valence electrons. The molecule has 0 aliphatic heterocycles. The van der Waals surface area contributed by atoms with Gasteiger partial charge in [-0.05, 0) is 40.5 Å². The highest BCUT2D eigenvalue weighted by Crippen LogP contribution is 2.34. The molecule has 0 aromatic carbocycles. The van der Waals surface area contributed by atoms with E-state index in [0.29, 0.717) is 26.1 Å². The van der Waals surface area contributed by atoms with E-state index in [1.54, 1.807) is 6.92 Å². The minimum absolute atomic E-state index is 0.0616. The second-order valence-corrected chi connectivity index (χ2v) is 12.4. The molecule has 0 aliphatic carbocycles. The van der Waals surface area contributed by atoms with Crippen molar-refractivity contribution >= 4 is 41.4 Å². The summed E-state index contributed by atoms with van der Waals surface area (Å²) in [5.74, 6) is -0.438. The van der Waals surface area contributed by atoms with Crippen molar-refractivity contribution in [3.63, 3.8) is 0 Å². The normalized spacial score (nSPS) is 14.1. The van der Waals surface area contributed by atoms with Crippen molar-refractivity contribution in [1.82, 2.24) is 0 Å². The summed E-state index contributed by atoms with van der Waals surface area (Å²) in [5, 5.41) is 0.0616. The average molecular weight is 549 g/mol. The third-order valence-corrected chi connectivity index (χ3v) is 7.82. The summed E-state index contributed by atoms with van der Waals surface area (Å²) in [6.45, 7) is 14.4. The predicted molar refractivity (Wildman–Crippen MR) is 158 cm³/mol. The molecule has 0 amide bonds. The van der Waals surface area contributed by atoms with Crippen LogP contribution in [0.3, 0.4) is 0 Å². The number of hydrogen-bond donors (Lipinski definition) is 1. The Morgan fingerprint density at radius 2 is 1.06 bits per heavy atom. The van der Waals surface area contributed by atoms with Crippen LogP contribution in [0.15, 0.2) is 0 Å². The number of thiol groups is 1. The van der Waals surface area contributed by atoms with Gasteiger partial charge in [0.25, 0.3) is 0 Å². The number of carbonyl (C=O) groups excluding carboxylic acids is 3. The highest BCUT2D eigenvalue weighted by Gasteiger charge is 2.37. The molecule has 0 radical (unpaired) electrons. The van der Waals surface area contributed by atoms with Crippen LogP contribution in [0.25, 0.3) is 0 Å². The molecule has 0 N–H and O–H groups in total. The van der Waals surface area contributed by atoms with E-state index in [-0.39, 0.29) is 17.1 Å². The molecule has 0 saturated carbocycles. The third kappa shape index (κ3) is 19.4. The molecular weight excluding hydrogens is 492 g/mol. The lowest BCUT2D eigenvalue weighted by atomic mass is 10.0. The van der Waals surface area contributed by atoms with Gasteiger partial charge in [-0.2, -0.15) is 12.6 Å². The lowest BCUT2D eigenvalue weighted by molar-refractivity contribution is -0.146. The van der Waals surface area contributed by atoms with Crippen molar-refractivity contribution in [2.75, 3.05) is 13.2 Å². The zero-order chi connectivity index (χ0) is 27.9. The predicted octanol–water partition coefficient (Wildman–Crippen LogP) is 8.72. The number of carbonyl (C=O) groups is 3. The van der Waals surface area contributed by atoms with Crippen LogP contribution < -0.4 is 0 Å². The molecule has 5 nitrogen and oxygen atoms in total. The van der Waals surface area contributed by atoms with Crippen LogP contribution in [0.1, 0.15) is 145 Å². The highest BCUT2D eigenvalue weighted by atomic mass is 32.2. The molecule has 0 aromatic rings. The minimum Gasteiger partial charge on any atom is -0.465 e. The quantitative estimate of drug-likeness (QED) is 0.0932. The summed E-state index contributed by atoms with van der Waals surface area (Å²) < 4.78 is 8.80. The van der Waals surface area contributed by atoms with Gasteiger partial charge in [-0.25, -0.2) is 0 Å². The maximum Gasteiger partial charge on any atom is 0.322 e.